The first-order chi connectivity index (χ1) is 13.9. The maximum atomic E-state index is 12.0. The number of benzene rings is 2. The van der Waals surface area contributed by atoms with E-state index < -0.39 is 11.9 Å². The summed E-state index contributed by atoms with van der Waals surface area (Å²) in [7, 11) is 0. The monoisotopic (exact) mass is 431 g/mol. The largest absolute Gasteiger partial charge is 0.455 e. The van der Waals surface area contributed by atoms with Gasteiger partial charge in [0, 0.05) is 16.3 Å². The third-order valence-corrected chi connectivity index (χ3v) is 4.72. The van der Waals surface area contributed by atoms with E-state index in [1.54, 1.807) is 24.3 Å². The lowest BCUT2D eigenvalue weighted by atomic mass is 10.1. The molecule has 0 spiro atoms. The first-order valence-corrected chi connectivity index (χ1v) is 10.0. The molecule has 29 heavy (non-hydrogen) atoms. The van der Waals surface area contributed by atoms with Gasteiger partial charge in [0.2, 0.25) is 5.89 Å². The van der Waals surface area contributed by atoms with E-state index in [2.05, 4.69) is 15.5 Å². The van der Waals surface area contributed by atoms with Gasteiger partial charge in [-0.1, -0.05) is 29.4 Å². The Hall–Kier alpha value is -2.84. The average molecular weight is 432 g/mol. The molecule has 0 radical (unpaired) electrons. The molecule has 0 saturated carbocycles. The van der Waals surface area contributed by atoms with Crippen LogP contribution in [0.2, 0.25) is 5.02 Å². The van der Waals surface area contributed by atoms with Crippen molar-refractivity contribution in [2.45, 2.75) is 19.1 Å². The third kappa shape index (κ3) is 6.33. The number of ether oxygens (including phenoxy) is 1. The Balaban J connectivity index is 1.44. The first kappa shape index (κ1) is 20.9. The number of rotatable bonds is 7. The topological polar surface area (TPSA) is 94.3 Å². The predicted octanol–water partition coefficient (Wildman–Crippen LogP) is 4.28. The highest BCUT2D eigenvalue weighted by Crippen LogP contribution is 2.24. The average Bonchev–Trinajstić information content (AvgIpc) is 3.13. The Kier molecular flexibility index (Phi) is 6.90. The van der Waals surface area contributed by atoms with E-state index in [0.717, 1.165) is 28.5 Å². The van der Waals surface area contributed by atoms with Crippen molar-refractivity contribution < 1.29 is 18.7 Å². The number of anilines is 1. The van der Waals surface area contributed by atoms with Gasteiger partial charge in [-0.15, -0.1) is 10.2 Å². The van der Waals surface area contributed by atoms with Gasteiger partial charge in [-0.3, -0.25) is 9.59 Å². The minimum Gasteiger partial charge on any atom is -0.455 e. The second-order valence-corrected chi connectivity index (χ2v) is 7.62. The molecule has 0 saturated heterocycles. The quantitative estimate of drug-likeness (QED) is 0.440. The van der Waals surface area contributed by atoms with Crippen molar-refractivity contribution in [3.05, 3.63) is 58.6 Å². The lowest BCUT2D eigenvalue weighted by Crippen LogP contribution is -2.21. The van der Waals surface area contributed by atoms with Gasteiger partial charge < -0.3 is 14.5 Å². The number of amides is 1. The molecule has 1 heterocycles. The minimum atomic E-state index is -0.559. The summed E-state index contributed by atoms with van der Waals surface area (Å²) >= 11 is 6.88. The summed E-state index contributed by atoms with van der Waals surface area (Å²) in [6, 6.07) is 12.6. The number of nitrogens with zero attached hydrogens (tertiary/aromatic N) is 2. The van der Waals surface area contributed by atoms with Crippen LogP contribution in [0.25, 0.3) is 11.5 Å². The van der Waals surface area contributed by atoms with Crippen molar-refractivity contribution in [1.82, 2.24) is 10.2 Å². The van der Waals surface area contributed by atoms with Gasteiger partial charge >= 0.3 is 5.97 Å². The van der Waals surface area contributed by atoms with Crippen molar-refractivity contribution >= 4 is 40.9 Å². The summed E-state index contributed by atoms with van der Waals surface area (Å²) in [6.07, 6.45) is 0. The Morgan fingerprint density at radius 1 is 1.10 bits per heavy atom. The minimum absolute atomic E-state index is 0.0565. The van der Waals surface area contributed by atoms with E-state index in [1.807, 2.05) is 32.0 Å². The van der Waals surface area contributed by atoms with Crippen LogP contribution in [0.4, 0.5) is 5.69 Å². The number of halogens is 1. The van der Waals surface area contributed by atoms with Crippen molar-refractivity contribution in [2.75, 3.05) is 17.7 Å². The van der Waals surface area contributed by atoms with Crippen LogP contribution in [0.3, 0.4) is 0 Å². The molecule has 0 aliphatic rings. The maximum absolute atomic E-state index is 12.0. The summed E-state index contributed by atoms with van der Waals surface area (Å²) in [5.41, 5.74) is 3.45. The molecule has 0 unspecified atom stereocenters. The molecule has 0 aliphatic carbocycles. The summed E-state index contributed by atoms with van der Waals surface area (Å²) in [4.78, 5) is 23.8. The van der Waals surface area contributed by atoms with Crippen LogP contribution in [0, 0.1) is 13.8 Å². The Bertz CT molecular complexity index is 1000. The molecule has 3 rings (SSSR count). The summed E-state index contributed by atoms with van der Waals surface area (Å²) in [5.74, 6) is -0.697. The number of thioether (sulfide) groups is 1. The van der Waals surface area contributed by atoms with E-state index in [9.17, 15) is 9.59 Å². The molecular weight excluding hydrogens is 414 g/mol. The van der Waals surface area contributed by atoms with Gasteiger partial charge in [-0.05, 0) is 61.4 Å². The highest BCUT2D eigenvalue weighted by molar-refractivity contribution is 7.99. The molecular formula is C20H18ClN3O4S. The van der Waals surface area contributed by atoms with Crippen molar-refractivity contribution in [3.63, 3.8) is 0 Å². The molecule has 0 fully saturated rings. The molecule has 0 aliphatic heterocycles. The predicted molar refractivity (Wildman–Crippen MR) is 111 cm³/mol. The van der Waals surface area contributed by atoms with Gasteiger partial charge in [0.05, 0.1) is 0 Å². The second kappa shape index (κ2) is 9.58. The summed E-state index contributed by atoms with van der Waals surface area (Å²) < 4.78 is 10.5. The Morgan fingerprint density at radius 3 is 2.48 bits per heavy atom. The fraction of sp³-hybridized carbons (Fsp3) is 0.200. The van der Waals surface area contributed by atoms with Crippen LogP contribution in [0.5, 0.6) is 0 Å². The van der Waals surface area contributed by atoms with Crippen LogP contribution in [0.15, 0.2) is 52.1 Å². The zero-order valence-corrected chi connectivity index (χ0v) is 17.3. The zero-order valence-electron chi connectivity index (χ0n) is 15.8. The molecule has 150 valence electrons. The molecule has 1 aromatic heterocycles. The fourth-order valence-corrected chi connectivity index (χ4v) is 3.22. The molecule has 1 N–H and O–H groups in total. The van der Waals surface area contributed by atoms with Gasteiger partial charge in [0.1, 0.15) is 5.75 Å². The summed E-state index contributed by atoms with van der Waals surface area (Å²) in [5, 5.41) is 11.4. The van der Waals surface area contributed by atoms with Crippen LogP contribution in [-0.4, -0.2) is 34.4 Å². The fourth-order valence-electron chi connectivity index (χ4n) is 2.53. The van der Waals surface area contributed by atoms with E-state index in [-0.39, 0.29) is 17.6 Å². The van der Waals surface area contributed by atoms with Gasteiger partial charge in [-0.25, -0.2) is 0 Å². The van der Waals surface area contributed by atoms with Crippen molar-refractivity contribution in [3.8, 4) is 11.5 Å². The molecule has 0 atom stereocenters. The molecule has 9 heteroatoms. The van der Waals surface area contributed by atoms with Gasteiger partial charge in [0.15, 0.2) is 6.61 Å². The van der Waals surface area contributed by atoms with Crippen LogP contribution in [-0.2, 0) is 14.3 Å². The Morgan fingerprint density at radius 2 is 1.79 bits per heavy atom. The van der Waals surface area contributed by atoms with E-state index >= 15 is 0 Å². The standard InChI is InChI=1S/C20H18ClN3O4S/c1-12-7-13(2)9-16(8-12)22-17(25)10-27-18(26)11-29-20-24-23-19(28-20)14-3-5-15(21)6-4-14/h3-9H,10-11H2,1-2H3,(H,22,25). The molecule has 0 bridgehead atoms. The summed E-state index contributed by atoms with van der Waals surface area (Å²) in [6.45, 7) is 3.51. The van der Waals surface area contributed by atoms with Crippen LogP contribution in [0.1, 0.15) is 11.1 Å². The van der Waals surface area contributed by atoms with Crippen molar-refractivity contribution in [1.29, 1.82) is 0 Å². The zero-order chi connectivity index (χ0) is 20.8. The number of esters is 1. The first-order valence-electron chi connectivity index (χ1n) is 8.65. The molecule has 3 aromatic rings. The third-order valence-electron chi connectivity index (χ3n) is 3.68. The number of aromatic nitrogens is 2. The van der Waals surface area contributed by atoms with Crippen LogP contribution < -0.4 is 5.32 Å². The van der Waals surface area contributed by atoms with Gasteiger partial charge in [-0.2, -0.15) is 0 Å². The van der Waals surface area contributed by atoms with Gasteiger partial charge in [0.25, 0.3) is 11.1 Å². The number of aryl methyl sites for hydroxylation is 2. The molecule has 1 amide bonds. The van der Waals surface area contributed by atoms with E-state index in [0.29, 0.717) is 16.6 Å². The maximum Gasteiger partial charge on any atom is 0.316 e. The number of carbonyl (C=O) groups is 2. The smallest absolute Gasteiger partial charge is 0.316 e. The lowest BCUT2D eigenvalue weighted by Gasteiger charge is -2.08. The molecule has 7 nitrogen and oxygen atoms in total. The highest BCUT2D eigenvalue weighted by Gasteiger charge is 2.13. The Labute approximate surface area is 176 Å². The number of carbonyl (C=O) groups excluding carboxylic acids is 2. The lowest BCUT2D eigenvalue weighted by molar-refractivity contribution is -0.144. The van der Waals surface area contributed by atoms with E-state index in [4.69, 9.17) is 20.8 Å². The highest BCUT2D eigenvalue weighted by atomic mass is 35.5. The number of hydrogen-bond acceptors (Lipinski definition) is 7. The second-order valence-electron chi connectivity index (χ2n) is 6.25. The SMILES string of the molecule is Cc1cc(C)cc(NC(=O)COC(=O)CSc2nnc(-c3ccc(Cl)cc3)o2)c1. The number of nitrogens with one attached hydrogen (secondary N) is 1. The normalized spacial score (nSPS) is 10.6. The van der Waals surface area contributed by atoms with Crippen molar-refractivity contribution in [2.24, 2.45) is 0 Å². The van der Waals surface area contributed by atoms with Crippen LogP contribution >= 0.6 is 23.4 Å². The van der Waals surface area contributed by atoms with E-state index in [1.165, 1.54) is 0 Å². The number of hydrogen-bond donors (Lipinski definition) is 1. The molecule has 2 aromatic carbocycles.